The van der Waals surface area contributed by atoms with Gasteiger partial charge in [0.15, 0.2) is 0 Å². The average Bonchev–Trinajstić information content (AvgIpc) is 3.90. The summed E-state index contributed by atoms with van der Waals surface area (Å²) in [6, 6.07) is 13.8. The van der Waals surface area contributed by atoms with Gasteiger partial charge in [0.2, 0.25) is 33.7 Å². The van der Waals surface area contributed by atoms with Crippen LogP contribution in [-0.4, -0.2) is 129 Å². The predicted octanol–water partition coefficient (Wildman–Crippen LogP) is 13.3. The molecule has 0 amide bonds. The number of halogens is 6. The number of benzene rings is 2. The Kier molecular flexibility index (Phi) is 33.3. The van der Waals surface area contributed by atoms with Crippen LogP contribution in [0.25, 0.3) is 0 Å². The number of aromatic nitrogens is 6. The Hall–Kier alpha value is -3.16. The first-order chi connectivity index (χ1) is 36.2. The van der Waals surface area contributed by atoms with Crippen molar-refractivity contribution in [2.75, 3.05) is 96.9 Å². The maximum absolute atomic E-state index is 6.64. The summed E-state index contributed by atoms with van der Waals surface area (Å²) in [7, 11) is 0. The molecule has 2 aromatic heterocycles. The number of nitrogen functional groups attached to an aromatic ring is 1. The van der Waals surface area contributed by atoms with E-state index < -0.39 is 0 Å². The van der Waals surface area contributed by atoms with Gasteiger partial charge in [-0.15, -0.1) is 12.4 Å². The van der Waals surface area contributed by atoms with E-state index in [1.165, 1.54) is 110 Å². The van der Waals surface area contributed by atoms with Crippen molar-refractivity contribution < 1.29 is 0 Å². The number of hydrogen-bond acceptors (Lipinski definition) is 16. The van der Waals surface area contributed by atoms with Crippen LogP contribution >= 0.6 is 70.4 Å². The molecule has 4 heterocycles. The molecule has 2 unspecified atom stereocenters. The minimum atomic E-state index is 0. The molecule has 428 valence electrons. The first kappa shape index (κ1) is 67.1. The van der Waals surface area contributed by atoms with Crippen LogP contribution < -0.4 is 43.0 Å². The highest BCUT2D eigenvalue weighted by molar-refractivity contribution is 6.34. The predicted molar refractivity (Wildman–Crippen MR) is 329 cm³/mol. The lowest BCUT2D eigenvalue weighted by Crippen LogP contribution is -2.35. The van der Waals surface area contributed by atoms with Crippen LogP contribution in [0, 0.1) is 0 Å². The first-order valence-electron chi connectivity index (χ1n) is 27.8. The fraction of sp³-hybridized carbons (Fsp3) is 0.667. The highest BCUT2D eigenvalue weighted by Crippen LogP contribution is 2.31. The fourth-order valence-corrected chi connectivity index (χ4v) is 11.2. The van der Waals surface area contributed by atoms with Crippen LogP contribution in [0.5, 0.6) is 0 Å². The molecule has 16 nitrogen and oxygen atoms in total. The van der Waals surface area contributed by atoms with Gasteiger partial charge in [-0.1, -0.05) is 88.4 Å². The molecular weight excluding hydrogens is 1090 g/mol. The normalized spacial score (nSPS) is 18.1. The molecule has 0 bridgehead atoms. The standard InChI is InChI=1S/C27H43ClN8.C10H15ClN2.C7H16N2.C7H15N.C3Cl3N3.ClH/c1-4-35(5-2)24-16-15-21(18-23(24)28)31-27-33-25(29-19-22-14-11-17-36(22)6-3)32-26(34-27)30-20-12-9-7-8-10-13-20;1-3-13(4-2)10-6-5-8(12)7-9(10)11;1-2-9-5-3-4-7(9)6-8;8-7-5-3-1-2-4-6-7;4-1-7-2(5)9-3(6)8-1;/h15-16,18,20,22H,4-14,17,19H2,1-3H3,(H3,29,30,31,32,33,34);5-7H,3-4,12H2,1-2H3;7H,2-6,8H2,1H3;7H,1-6,8H2;;1H. The Morgan fingerprint density at radius 2 is 1.01 bits per heavy atom. The second-order valence-electron chi connectivity index (χ2n) is 19.3. The fourth-order valence-electron chi connectivity index (χ4n) is 10.0. The van der Waals surface area contributed by atoms with Crippen molar-refractivity contribution in [2.24, 2.45) is 11.5 Å². The van der Waals surface area contributed by atoms with E-state index in [-0.39, 0.29) is 28.3 Å². The zero-order valence-corrected chi connectivity index (χ0v) is 50.8. The van der Waals surface area contributed by atoms with E-state index in [9.17, 15) is 0 Å². The summed E-state index contributed by atoms with van der Waals surface area (Å²) in [4.78, 5) is 34.0. The highest BCUT2D eigenvalue weighted by Gasteiger charge is 2.24. The zero-order chi connectivity index (χ0) is 54.5. The lowest BCUT2D eigenvalue weighted by Gasteiger charge is -2.23. The molecule has 2 aromatic carbocycles. The number of anilines is 7. The van der Waals surface area contributed by atoms with Crippen LogP contribution in [0.2, 0.25) is 25.9 Å². The van der Waals surface area contributed by atoms with Gasteiger partial charge in [-0.25, -0.2) is 0 Å². The second kappa shape index (κ2) is 37.7. The molecule has 2 aliphatic carbocycles. The van der Waals surface area contributed by atoms with E-state index >= 15 is 0 Å². The second-order valence-corrected chi connectivity index (χ2v) is 21.2. The summed E-state index contributed by atoms with van der Waals surface area (Å²) in [6.07, 6.45) is 20.6. The maximum atomic E-state index is 6.64. The van der Waals surface area contributed by atoms with Crippen LogP contribution in [0.3, 0.4) is 0 Å². The maximum Gasteiger partial charge on any atom is 0.233 e. The minimum absolute atomic E-state index is 0. The number of nitrogens with two attached hydrogens (primary N) is 3. The van der Waals surface area contributed by atoms with E-state index in [0.29, 0.717) is 52.7 Å². The van der Waals surface area contributed by atoms with Crippen LogP contribution in [0.1, 0.15) is 144 Å². The van der Waals surface area contributed by atoms with Gasteiger partial charge in [0.1, 0.15) is 0 Å². The monoisotopic (exact) mass is 1170 g/mol. The molecule has 22 heteroatoms. The Bertz CT molecular complexity index is 2130. The molecular formula is C54H90Cl6N16. The summed E-state index contributed by atoms with van der Waals surface area (Å²) in [5, 5.41) is 11.9. The Morgan fingerprint density at radius 3 is 1.49 bits per heavy atom. The van der Waals surface area contributed by atoms with Crippen molar-refractivity contribution in [1.82, 2.24) is 39.7 Å². The molecule has 4 fully saturated rings. The molecule has 9 N–H and O–H groups in total. The molecule has 8 rings (SSSR count). The zero-order valence-electron chi connectivity index (χ0n) is 46.2. The summed E-state index contributed by atoms with van der Waals surface area (Å²) in [5.74, 6) is 1.76. The smallest absolute Gasteiger partial charge is 0.233 e. The van der Waals surface area contributed by atoms with E-state index in [1.54, 1.807) is 6.07 Å². The molecule has 2 saturated heterocycles. The average molecular weight is 1180 g/mol. The minimum Gasteiger partial charge on any atom is -0.399 e. The molecule has 2 aliphatic heterocycles. The molecule has 76 heavy (non-hydrogen) atoms. The molecule has 2 atom stereocenters. The van der Waals surface area contributed by atoms with E-state index in [4.69, 9.17) is 90.2 Å². The third kappa shape index (κ3) is 24.1. The van der Waals surface area contributed by atoms with Gasteiger partial charge in [-0.2, -0.15) is 29.9 Å². The number of likely N-dealkylation sites (N-methyl/N-ethyl adjacent to an activating group) is 2. The van der Waals surface area contributed by atoms with Gasteiger partial charge >= 0.3 is 0 Å². The van der Waals surface area contributed by atoms with Gasteiger partial charge in [0, 0.05) is 74.8 Å². The van der Waals surface area contributed by atoms with Crippen LogP contribution in [0.4, 0.5) is 40.6 Å². The van der Waals surface area contributed by atoms with Crippen molar-refractivity contribution in [3.63, 3.8) is 0 Å². The number of rotatable bonds is 16. The first-order valence-corrected chi connectivity index (χ1v) is 29.7. The lowest BCUT2D eigenvalue weighted by atomic mass is 10.1. The Morgan fingerprint density at radius 1 is 0.553 bits per heavy atom. The molecule has 0 spiro atoms. The topological polar surface area (TPSA) is 204 Å². The summed E-state index contributed by atoms with van der Waals surface area (Å²) >= 11 is 28.7. The largest absolute Gasteiger partial charge is 0.399 e. The van der Waals surface area contributed by atoms with Crippen molar-refractivity contribution in [1.29, 1.82) is 0 Å². The van der Waals surface area contributed by atoms with Gasteiger partial charge < -0.3 is 43.0 Å². The quantitative estimate of drug-likeness (QED) is 0.0456. The highest BCUT2D eigenvalue weighted by atomic mass is 35.5. The number of nitrogens with zero attached hydrogens (tertiary/aromatic N) is 10. The van der Waals surface area contributed by atoms with E-state index in [2.05, 4.69) is 98.1 Å². The van der Waals surface area contributed by atoms with Gasteiger partial charge in [-0.3, -0.25) is 9.80 Å². The van der Waals surface area contributed by atoms with Crippen molar-refractivity contribution in [3.8, 4) is 0 Å². The van der Waals surface area contributed by atoms with Crippen LogP contribution in [-0.2, 0) is 0 Å². The number of likely N-dealkylation sites (tertiary alicyclic amines) is 2. The summed E-state index contributed by atoms with van der Waals surface area (Å²) < 4.78 is 0. The molecule has 4 aromatic rings. The summed E-state index contributed by atoms with van der Waals surface area (Å²) in [6.45, 7) is 23.0. The lowest BCUT2D eigenvalue weighted by molar-refractivity contribution is 0.272. The van der Waals surface area contributed by atoms with Gasteiger partial charge in [-0.05, 0) is 176 Å². The van der Waals surface area contributed by atoms with Gasteiger partial charge in [0.25, 0.3) is 0 Å². The Balaban J connectivity index is 0.000000306. The van der Waals surface area contributed by atoms with Crippen molar-refractivity contribution in [3.05, 3.63) is 62.3 Å². The van der Waals surface area contributed by atoms with E-state index in [0.717, 1.165) is 80.7 Å². The van der Waals surface area contributed by atoms with Gasteiger partial charge in [0.05, 0.1) is 21.4 Å². The molecule has 2 saturated carbocycles. The molecule has 0 radical (unpaired) electrons. The van der Waals surface area contributed by atoms with Crippen molar-refractivity contribution in [2.45, 2.75) is 168 Å². The van der Waals surface area contributed by atoms with Crippen molar-refractivity contribution >= 4 is 111 Å². The number of nitrogens with one attached hydrogen (secondary N) is 3. The third-order valence-corrected chi connectivity index (χ3v) is 15.4. The molecule has 4 aliphatic rings. The van der Waals surface area contributed by atoms with E-state index in [1.807, 2.05) is 24.3 Å². The van der Waals surface area contributed by atoms with Crippen LogP contribution in [0.15, 0.2) is 36.4 Å². The number of hydrogen-bond donors (Lipinski definition) is 6. The SMILES string of the molecule is CCN(CC)c1ccc(N)cc1Cl.CCN(CC)c1ccc(Nc2nc(NCC3CCCN3CC)nc(NC3CCCCCC3)n2)cc1Cl.CCN1CCCC1CN.Cl.Clc1nc(Cl)nc(Cl)n1.NC1CCCCCC1. The third-order valence-electron chi connectivity index (χ3n) is 14.2. The summed E-state index contributed by atoms with van der Waals surface area (Å²) in [5.41, 5.74) is 20.6. The Labute approximate surface area is 486 Å².